The van der Waals surface area contributed by atoms with Crippen LogP contribution in [0, 0.1) is 0 Å². The van der Waals surface area contributed by atoms with Gasteiger partial charge in [0.25, 0.3) is 0 Å². The quantitative estimate of drug-likeness (QED) is 0.780. The molecular weight excluding hydrogens is 268 g/mol. The Labute approximate surface area is 120 Å². The molecule has 0 unspecified atom stereocenters. The predicted octanol–water partition coefficient (Wildman–Crippen LogP) is 1.37. The van der Waals surface area contributed by atoms with Crippen LogP contribution in [0.4, 0.5) is 5.82 Å². The second-order valence-corrected chi connectivity index (χ2v) is 4.35. The zero-order valence-electron chi connectivity index (χ0n) is 11.0. The Hall–Kier alpha value is -3.09. The van der Waals surface area contributed by atoms with Gasteiger partial charge in [0.1, 0.15) is 18.7 Å². The maximum absolute atomic E-state index is 11.8. The SMILES string of the molecule is O=C(Cn1cnnn1)Nc1ccc(-c2ccccc2)cn1. The molecule has 2 heterocycles. The Morgan fingerprint density at radius 1 is 1.10 bits per heavy atom. The largest absolute Gasteiger partial charge is 0.309 e. The minimum absolute atomic E-state index is 0.0507. The number of hydrogen-bond acceptors (Lipinski definition) is 5. The number of anilines is 1. The van der Waals surface area contributed by atoms with Crippen molar-refractivity contribution in [2.45, 2.75) is 6.54 Å². The first-order chi connectivity index (χ1) is 10.3. The molecule has 1 N–H and O–H groups in total. The summed E-state index contributed by atoms with van der Waals surface area (Å²) >= 11 is 0. The Kier molecular flexibility index (Phi) is 3.64. The summed E-state index contributed by atoms with van der Waals surface area (Å²) in [4.78, 5) is 16.0. The van der Waals surface area contributed by atoms with Crippen molar-refractivity contribution < 1.29 is 4.79 Å². The fourth-order valence-electron chi connectivity index (χ4n) is 1.85. The zero-order valence-corrected chi connectivity index (χ0v) is 11.0. The number of nitrogens with zero attached hydrogens (tertiary/aromatic N) is 5. The lowest BCUT2D eigenvalue weighted by atomic mass is 10.1. The van der Waals surface area contributed by atoms with E-state index in [1.54, 1.807) is 12.3 Å². The van der Waals surface area contributed by atoms with Crippen molar-refractivity contribution in [3.63, 3.8) is 0 Å². The van der Waals surface area contributed by atoms with E-state index < -0.39 is 0 Å². The van der Waals surface area contributed by atoms with Crippen LogP contribution in [0.25, 0.3) is 11.1 Å². The van der Waals surface area contributed by atoms with Crippen LogP contribution in [-0.2, 0) is 11.3 Å². The van der Waals surface area contributed by atoms with Gasteiger partial charge in [0.05, 0.1) is 0 Å². The molecule has 0 atom stereocenters. The highest BCUT2D eigenvalue weighted by Crippen LogP contribution is 2.18. The minimum atomic E-state index is -0.234. The number of tetrazole rings is 1. The van der Waals surface area contributed by atoms with E-state index in [4.69, 9.17) is 0 Å². The molecule has 0 aliphatic heterocycles. The molecule has 7 heteroatoms. The molecule has 0 aliphatic rings. The molecule has 0 bridgehead atoms. The lowest BCUT2D eigenvalue weighted by Gasteiger charge is -2.05. The zero-order chi connectivity index (χ0) is 14.5. The Balaban J connectivity index is 1.66. The molecule has 0 aliphatic carbocycles. The molecule has 1 amide bonds. The third-order valence-electron chi connectivity index (χ3n) is 2.84. The molecule has 0 saturated carbocycles. The molecular formula is C14H12N6O. The Morgan fingerprint density at radius 2 is 1.95 bits per heavy atom. The molecule has 0 spiro atoms. The van der Waals surface area contributed by atoms with Gasteiger partial charge in [-0.25, -0.2) is 9.67 Å². The summed E-state index contributed by atoms with van der Waals surface area (Å²) in [7, 11) is 0. The van der Waals surface area contributed by atoms with E-state index in [1.807, 2.05) is 36.4 Å². The average Bonchev–Trinajstić information content (AvgIpc) is 3.02. The number of benzene rings is 1. The standard InChI is InChI=1S/C14H12N6O/c21-14(9-20-10-16-18-19-20)17-13-7-6-12(8-15-13)11-4-2-1-3-5-11/h1-8,10H,9H2,(H,15,17,21). The molecule has 0 radical (unpaired) electrons. The van der Waals surface area contributed by atoms with Crippen molar-refractivity contribution in [2.75, 3.05) is 5.32 Å². The van der Waals surface area contributed by atoms with Gasteiger partial charge >= 0.3 is 0 Å². The summed E-state index contributed by atoms with van der Waals surface area (Å²) in [5, 5.41) is 13.2. The lowest BCUT2D eigenvalue weighted by Crippen LogP contribution is -2.19. The van der Waals surface area contributed by atoms with E-state index in [-0.39, 0.29) is 12.5 Å². The van der Waals surface area contributed by atoms with Gasteiger partial charge in [-0.2, -0.15) is 0 Å². The molecule has 0 fully saturated rings. The van der Waals surface area contributed by atoms with Crippen molar-refractivity contribution in [1.82, 2.24) is 25.2 Å². The lowest BCUT2D eigenvalue weighted by molar-refractivity contribution is -0.116. The summed E-state index contributed by atoms with van der Waals surface area (Å²) in [6, 6.07) is 13.6. The van der Waals surface area contributed by atoms with Gasteiger partial charge < -0.3 is 5.32 Å². The van der Waals surface area contributed by atoms with Crippen LogP contribution in [0.5, 0.6) is 0 Å². The van der Waals surface area contributed by atoms with Crippen LogP contribution in [-0.4, -0.2) is 31.1 Å². The molecule has 7 nitrogen and oxygen atoms in total. The van der Waals surface area contributed by atoms with E-state index in [1.165, 1.54) is 11.0 Å². The second-order valence-electron chi connectivity index (χ2n) is 4.35. The normalized spacial score (nSPS) is 10.3. The molecule has 104 valence electrons. The van der Waals surface area contributed by atoms with Gasteiger partial charge in [-0.05, 0) is 28.1 Å². The number of amides is 1. The van der Waals surface area contributed by atoms with Crippen LogP contribution in [0.1, 0.15) is 0 Å². The summed E-state index contributed by atoms with van der Waals surface area (Å²) in [5.74, 6) is 0.259. The van der Waals surface area contributed by atoms with Gasteiger partial charge in [0.15, 0.2) is 0 Å². The predicted molar refractivity (Wildman–Crippen MR) is 76.1 cm³/mol. The smallest absolute Gasteiger partial charge is 0.247 e. The Morgan fingerprint density at radius 3 is 2.62 bits per heavy atom. The van der Waals surface area contributed by atoms with Gasteiger partial charge in [-0.15, -0.1) is 5.10 Å². The van der Waals surface area contributed by atoms with Gasteiger partial charge in [0, 0.05) is 11.8 Å². The number of rotatable bonds is 4. The number of aromatic nitrogens is 5. The average molecular weight is 280 g/mol. The first-order valence-electron chi connectivity index (χ1n) is 6.33. The number of hydrogen-bond donors (Lipinski definition) is 1. The van der Waals surface area contributed by atoms with Crippen molar-refractivity contribution in [3.05, 3.63) is 55.0 Å². The van der Waals surface area contributed by atoms with E-state index in [2.05, 4.69) is 25.8 Å². The minimum Gasteiger partial charge on any atom is -0.309 e. The molecule has 21 heavy (non-hydrogen) atoms. The highest BCUT2D eigenvalue weighted by molar-refractivity contribution is 5.89. The third-order valence-corrected chi connectivity index (χ3v) is 2.84. The van der Waals surface area contributed by atoms with E-state index in [0.717, 1.165) is 11.1 Å². The first kappa shape index (κ1) is 12.9. The number of pyridine rings is 1. The van der Waals surface area contributed by atoms with E-state index in [0.29, 0.717) is 5.82 Å². The molecule has 3 rings (SSSR count). The molecule has 1 aromatic carbocycles. The van der Waals surface area contributed by atoms with Crippen LogP contribution in [0.2, 0.25) is 0 Å². The number of carbonyl (C=O) groups excluding carboxylic acids is 1. The number of nitrogens with one attached hydrogen (secondary N) is 1. The van der Waals surface area contributed by atoms with Crippen LogP contribution >= 0.6 is 0 Å². The summed E-state index contributed by atoms with van der Waals surface area (Å²) in [5.41, 5.74) is 2.07. The van der Waals surface area contributed by atoms with Crippen LogP contribution < -0.4 is 5.32 Å². The summed E-state index contributed by atoms with van der Waals surface area (Å²) in [6.45, 7) is 0.0507. The fourth-order valence-corrected chi connectivity index (χ4v) is 1.85. The Bertz CT molecular complexity index is 709. The summed E-state index contributed by atoms with van der Waals surface area (Å²) < 4.78 is 1.34. The molecule has 3 aromatic rings. The van der Waals surface area contributed by atoms with E-state index in [9.17, 15) is 4.79 Å². The van der Waals surface area contributed by atoms with Crippen molar-refractivity contribution in [1.29, 1.82) is 0 Å². The first-order valence-corrected chi connectivity index (χ1v) is 6.33. The number of carbonyl (C=O) groups is 1. The van der Waals surface area contributed by atoms with Crippen molar-refractivity contribution in [3.8, 4) is 11.1 Å². The van der Waals surface area contributed by atoms with Crippen molar-refractivity contribution >= 4 is 11.7 Å². The highest BCUT2D eigenvalue weighted by atomic mass is 16.2. The monoisotopic (exact) mass is 280 g/mol. The van der Waals surface area contributed by atoms with Crippen LogP contribution in [0.3, 0.4) is 0 Å². The maximum Gasteiger partial charge on any atom is 0.247 e. The highest BCUT2D eigenvalue weighted by Gasteiger charge is 2.05. The van der Waals surface area contributed by atoms with Crippen LogP contribution in [0.15, 0.2) is 55.0 Å². The van der Waals surface area contributed by atoms with Gasteiger partial charge in [0.2, 0.25) is 5.91 Å². The molecule has 2 aromatic heterocycles. The van der Waals surface area contributed by atoms with Crippen molar-refractivity contribution in [2.24, 2.45) is 0 Å². The third kappa shape index (κ3) is 3.27. The van der Waals surface area contributed by atoms with Gasteiger partial charge in [-0.1, -0.05) is 30.3 Å². The van der Waals surface area contributed by atoms with Gasteiger partial charge in [-0.3, -0.25) is 4.79 Å². The maximum atomic E-state index is 11.8. The summed E-state index contributed by atoms with van der Waals surface area (Å²) in [6.07, 6.45) is 3.10. The topological polar surface area (TPSA) is 85.6 Å². The second kappa shape index (κ2) is 5.91. The van der Waals surface area contributed by atoms with E-state index >= 15 is 0 Å². The fraction of sp³-hybridized carbons (Fsp3) is 0.0714. The molecule has 0 saturated heterocycles.